The number of hydrogen-bond donors (Lipinski definition) is 1. The van der Waals surface area contributed by atoms with Gasteiger partial charge in [0.05, 0.1) is 24.4 Å². The molecule has 7 nitrogen and oxygen atoms in total. The third-order valence-corrected chi connectivity index (χ3v) is 6.00. The van der Waals surface area contributed by atoms with Crippen LogP contribution < -0.4 is 4.74 Å². The number of carboxylic acid groups (broad SMARTS) is 1. The lowest BCUT2D eigenvalue weighted by Crippen LogP contribution is -2.40. The van der Waals surface area contributed by atoms with Crippen molar-refractivity contribution >= 4 is 16.9 Å². The van der Waals surface area contributed by atoms with E-state index in [2.05, 4.69) is 4.98 Å². The minimum Gasteiger partial charge on any atom is -0.492 e. The summed E-state index contributed by atoms with van der Waals surface area (Å²) in [5.74, 6) is -2.22. The minimum absolute atomic E-state index is 0.372. The average Bonchev–Trinajstić information content (AvgIpc) is 3.61. The molecule has 0 aliphatic carbocycles. The number of alkyl halides is 1. The summed E-state index contributed by atoms with van der Waals surface area (Å²) in [5.41, 5.74) is 2.42. The van der Waals surface area contributed by atoms with Crippen molar-refractivity contribution in [2.24, 2.45) is 0 Å². The molecule has 178 valence electrons. The summed E-state index contributed by atoms with van der Waals surface area (Å²) in [4.78, 5) is 16.4. The highest BCUT2D eigenvalue weighted by molar-refractivity contribution is 5.86. The van der Waals surface area contributed by atoms with Crippen molar-refractivity contribution < 1.29 is 23.4 Å². The van der Waals surface area contributed by atoms with E-state index in [4.69, 9.17) is 9.15 Å². The van der Waals surface area contributed by atoms with Crippen LogP contribution in [0.25, 0.3) is 22.4 Å². The van der Waals surface area contributed by atoms with Gasteiger partial charge in [-0.25, -0.2) is 14.2 Å². The number of carbonyl (C=O) groups is 1. The first-order valence-electron chi connectivity index (χ1n) is 11.2. The molecule has 1 atom stereocenters. The predicted octanol–water partition coefficient (Wildman–Crippen LogP) is 5.43. The van der Waals surface area contributed by atoms with E-state index in [0.29, 0.717) is 30.2 Å². The van der Waals surface area contributed by atoms with Crippen LogP contribution >= 0.6 is 0 Å². The fourth-order valence-electron chi connectivity index (χ4n) is 4.14. The molecule has 0 aliphatic rings. The van der Waals surface area contributed by atoms with Crippen LogP contribution in [0.5, 0.6) is 5.75 Å². The molecule has 0 bridgehead atoms. The van der Waals surface area contributed by atoms with Gasteiger partial charge in [0.1, 0.15) is 11.5 Å². The number of halogens is 1. The Morgan fingerprint density at radius 1 is 1.06 bits per heavy atom. The highest BCUT2D eigenvalue weighted by atomic mass is 19.1. The normalized spacial score (nSPS) is 13.1. The maximum absolute atomic E-state index is 15.5. The van der Waals surface area contributed by atoms with E-state index in [1.165, 1.54) is 12.4 Å². The van der Waals surface area contributed by atoms with Crippen molar-refractivity contribution in [1.29, 1.82) is 0 Å². The van der Waals surface area contributed by atoms with Crippen LogP contribution in [0.1, 0.15) is 11.5 Å². The summed E-state index contributed by atoms with van der Waals surface area (Å²) in [6, 6.07) is 20.2. The van der Waals surface area contributed by atoms with Gasteiger partial charge in [-0.2, -0.15) is 0 Å². The first-order valence-corrected chi connectivity index (χ1v) is 11.2. The summed E-state index contributed by atoms with van der Waals surface area (Å²) in [6.07, 6.45) is 5.04. The van der Waals surface area contributed by atoms with Gasteiger partial charge in [-0.1, -0.05) is 24.3 Å². The Kier molecular flexibility index (Phi) is 5.86. The molecule has 1 unspecified atom stereocenters. The minimum atomic E-state index is -2.62. The van der Waals surface area contributed by atoms with Gasteiger partial charge in [-0.3, -0.25) is 0 Å². The van der Waals surface area contributed by atoms with Crippen molar-refractivity contribution in [2.45, 2.75) is 25.7 Å². The Labute approximate surface area is 201 Å². The molecular weight excluding hydrogens is 449 g/mol. The second-order valence-corrected chi connectivity index (χ2v) is 8.27. The van der Waals surface area contributed by atoms with E-state index < -0.39 is 11.8 Å². The zero-order valence-corrected chi connectivity index (χ0v) is 19.1. The van der Waals surface area contributed by atoms with Gasteiger partial charge in [0.25, 0.3) is 0 Å². The summed E-state index contributed by atoms with van der Waals surface area (Å²) < 4.78 is 30.0. The molecule has 0 radical (unpaired) electrons. The average molecular weight is 474 g/mol. The summed E-state index contributed by atoms with van der Waals surface area (Å²) in [6.45, 7) is 1.87. The van der Waals surface area contributed by atoms with Crippen LogP contribution in [-0.2, 0) is 23.6 Å². The van der Waals surface area contributed by atoms with Crippen molar-refractivity contribution in [3.8, 4) is 17.2 Å². The van der Waals surface area contributed by atoms with Gasteiger partial charge in [0.15, 0.2) is 0 Å². The molecule has 0 fully saturated rings. The number of aryl methyl sites for hydroxylation is 1. The number of hydrogen-bond acceptors (Lipinski definition) is 4. The first kappa shape index (κ1) is 22.5. The molecule has 0 saturated heterocycles. The predicted molar refractivity (Wildman–Crippen MR) is 129 cm³/mol. The second kappa shape index (κ2) is 9.13. The lowest BCUT2D eigenvalue weighted by Gasteiger charge is -2.23. The third kappa shape index (κ3) is 4.30. The van der Waals surface area contributed by atoms with Gasteiger partial charge in [-0.05, 0) is 49.4 Å². The Morgan fingerprint density at radius 3 is 2.57 bits per heavy atom. The van der Waals surface area contributed by atoms with Crippen LogP contribution in [0.4, 0.5) is 4.39 Å². The molecule has 0 aliphatic heterocycles. The van der Waals surface area contributed by atoms with Gasteiger partial charge >= 0.3 is 11.8 Å². The maximum Gasteiger partial charge on any atom is 0.365 e. The van der Waals surface area contributed by atoms with Crippen LogP contribution in [0.3, 0.4) is 0 Å². The molecule has 0 saturated carbocycles. The van der Waals surface area contributed by atoms with Gasteiger partial charge in [-0.15, -0.1) is 0 Å². The summed E-state index contributed by atoms with van der Waals surface area (Å²) >= 11 is 0. The number of carboxylic acids is 1. The van der Waals surface area contributed by atoms with Crippen molar-refractivity contribution in [1.82, 2.24) is 14.1 Å². The van der Waals surface area contributed by atoms with Crippen molar-refractivity contribution in [3.63, 3.8) is 0 Å². The van der Waals surface area contributed by atoms with Crippen LogP contribution in [-0.4, -0.2) is 31.8 Å². The smallest absolute Gasteiger partial charge is 0.365 e. The number of benzene rings is 2. The monoisotopic (exact) mass is 473 g/mol. The largest absolute Gasteiger partial charge is 0.492 e. The molecular formula is C27H24FN3O4. The molecule has 35 heavy (non-hydrogen) atoms. The van der Waals surface area contributed by atoms with E-state index in [-0.39, 0.29) is 6.54 Å². The lowest BCUT2D eigenvalue weighted by atomic mass is 10.2. The zero-order valence-electron chi connectivity index (χ0n) is 19.1. The van der Waals surface area contributed by atoms with E-state index in [0.717, 1.165) is 27.0 Å². The Morgan fingerprint density at radius 2 is 1.83 bits per heavy atom. The Hall–Kier alpha value is -4.33. The highest BCUT2D eigenvalue weighted by Crippen LogP contribution is 2.30. The fourth-order valence-corrected chi connectivity index (χ4v) is 4.14. The molecule has 2 aromatic carbocycles. The van der Waals surface area contributed by atoms with Crippen molar-refractivity contribution in [3.05, 3.63) is 96.8 Å². The summed E-state index contributed by atoms with van der Waals surface area (Å²) in [7, 11) is 0. The number of ether oxygens (including phenoxy) is 1. The highest BCUT2D eigenvalue weighted by Gasteiger charge is 2.41. The zero-order chi connectivity index (χ0) is 24.4. The molecule has 3 aromatic heterocycles. The van der Waals surface area contributed by atoms with Crippen molar-refractivity contribution in [2.75, 3.05) is 6.61 Å². The standard InChI is InChI=1S/C27H24FN3O4/c1-19-22(29-25(35-19)20-8-3-2-4-9-20)13-17-34-24-11-7-10-23-21(24)12-16-30(23)18-27(28,26(32)33)31-14-5-6-15-31/h2-12,14-16H,13,17-18H2,1H3,(H,32,33). The van der Waals surface area contributed by atoms with Gasteiger partial charge < -0.3 is 23.4 Å². The molecule has 0 spiro atoms. The first-order chi connectivity index (χ1) is 17.0. The molecule has 3 heterocycles. The van der Waals surface area contributed by atoms with Crippen LogP contribution in [0.15, 0.2) is 89.7 Å². The van der Waals surface area contributed by atoms with Gasteiger partial charge in [0, 0.05) is 36.0 Å². The summed E-state index contributed by atoms with van der Waals surface area (Å²) in [5, 5.41) is 10.4. The van der Waals surface area contributed by atoms with Crippen LogP contribution in [0, 0.1) is 6.92 Å². The maximum atomic E-state index is 15.5. The van der Waals surface area contributed by atoms with E-state index in [9.17, 15) is 9.90 Å². The number of aromatic nitrogens is 3. The lowest BCUT2D eigenvalue weighted by molar-refractivity contribution is -0.160. The Balaban J connectivity index is 1.32. The van der Waals surface area contributed by atoms with Gasteiger partial charge in [0.2, 0.25) is 5.89 Å². The topological polar surface area (TPSA) is 82.4 Å². The molecule has 8 heteroatoms. The number of aliphatic carboxylic acids is 1. The van der Waals surface area contributed by atoms with E-state index in [1.807, 2.05) is 49.4 Å². The molecule has 0 amide bonds. The number of nitrogens with zero attached hydrogens (tertiary/aromatic N) is 3. The van der Waals surface area contributed by atoms with E-state index in [1.54, 1.807) is 35.0 Å². The van der Waals surface area contributed by atoms with E-state index >= 15 is 4.39 Å². The number of oxazole rings is 1. The fraction of sp³-hybridized carbons (Fsp3) is 0.185. The molecule has 5 aromatic rings. The Bertz CT molecular complexity index is 1460. The third-order valence-electron chi connectivity index (χ3n) is 6.00. The molecule has 1 N–H and O–H groups in total. The SMILES string of the molecule is Cc1oc(-c2ccccc2)nc1CCOc1cccc2c1ccn2CC(F)(C(=O)O)n1cccc1. The number of fused-ring (bicyclic) bond motifs is 1. The second-order valence-electron chi connectivity index (χ2n) is 8.27. The molecule has 5 rings (SSSR count). The van der Waals surface area contributed by atoms with Crippen LogP contribution in [0.2, 0.25) is 0 Å². The number of rotatable bonds is 9. The quantitative estimate of drug-likeness (QED) is 0.309.